The van der Waals surface area contributed by atoms with E-state index < -0.39 is 0 Å². The number of rotatable bonds is 3. The monoisotopic (exact) mass is 344 g/mol. The fraction of sp³-hybridized carbons (Fsp3) is 0.200. The van der Waals surface area contributed by atoms with Gasteiger partial charge >= 0.3 is 0 Å². The van der Waals surface area contributed by atoms with E-state index >= 15 is 0 Å². The number of aryl methyl sites for hydroxylation is 1. The van der Waals surface area contributed by atoms with E-state index in [1.54, 1.807) is 33.1 Å². The summed E-state index contributed by atoms with van der Waals surface area (Å²) < 4.78 is 3.41. The average molecular weight is 345 g/mol. The lowest BCUT2D eigenvalue weighted by Crippen LogP contribution is -1.91. The number of thioether (sulfide) groups is 1. The minimum absolute atomic E-state index is 0.513. The Hall–Kier alpha value is -2.12. The number of hydrogen-bond donors (Lipinski definition) is 0. The third-order valence-corrected chi connectivity index (χ3v) is 4.56. The van der Waals surface area contributed by atoms with Crippen molar-refractivity contribution in [1.82, 2.24) is 29.2 Å². The van der Waals surface area contributed by atoms with E-state index in [2.05, 4.69) is 27.1 Å². The summed E-state index contributed by atoms with van der Waals surface area (Å²) in [5, 5.41) is 10.5. The number of hydrogen-bond acceptors (Lipinski definition) is 5. The highest BCUT2D eigenvalue weighted by Crippen LogP contribution is 2.33. The van der Waals surface area contributed by atoms with Gasteiger partial charge in [-0.15, -0.1) is 16.9 Å². The molecule has 0 atom stereocenters. The van der Waals surface area contributed by atoms with Crippen molar-refractivity contribution >= 4 is 34.7 Å². The van der Waals surface area contributed by atoms with E-state index in [1.165, 1.54) is 0 Å². The molecule has 0 aliphatic heterocycles. The Kier molecular flexibility index (Phi) is 3.46. The van der Waals surface area contributed by atoms with Crippen LogP contribution in [0.25, 0.3) is 22.7 Å². The molecule has 8 heteroatoms. The van der Waals surface area contributed by atoms with Crippen LogP contribution in [-0.4, -0.2) is 34.9 Å². The molecule has 4 rings (SSSR count). The molecule has 0 fully saturated rings. The van der Waals surface area contributed by atoms with Gasteiger partial charge < -0.3 is 0 Å². The number of nitrogens with zero attached hydrogens (tertiary/aromatic N) is 6. The summed E-state index contributed by atoms with van der Waals surface area (Å²) in [6.07, 6.45) is 3.62. The topological polar surface area (TPSA) is 60.4 Å². The van der Waals surface area contributed by atoms with Gasteiger partial charge in [0.15, 0.2) is 17.1 Å². The molecule has 4 heterocycles. The van der Waals surface area contributed by atoms with E-state index in [1.807, 2.05) is 25.3 Å². The summed E-state index contributed by atoms with van der Waals surface area (Å²) in [6.45, 7) is 4.10. The van der Waals surface area contributed by atoms with Gasteiger partial charge in [-0.05, 0) is 30.4 Å². The highest BCUT2D eigenvalue weighted by molar-refractivity contribution is 7.99. The van der Waals surface area contributed by atoms with Gasteiger partial charge in [0.2, 0.25) is 0 Å². The maximum absolute atomic E-state index is 6.23. The quantitative estimate of drug-likeness (QED) is 0.420. The Morgan fingerprint density at radius 1 is 1.22 bits per heavy atom. The molecule has 4 aromatic rings. The van der Waals surface area contributed by atoms with Crippen LogP contribution in [0.5, 0.6) is 0 Å². The molecule has 0 saturated carbocycles. The Morgan fingerprint density at radius 2 is 2.09 bits per heavy atom. The van der Waals surface area contributed by atoms with Crippen molar-refractivity contribution < 1.29 is 0 Å². The maximum Gasteiger partial charge on any atom is 0.188 e. The highest BCUT2D eigenvalue weighted by atomic mass is 35.5. The van der Waals surface area contributed by atoms with Gasteiger partial charge in [0.05, 0.1) is 5.56 Å². The normalized spacial score (nSPS) is 11.6. The highest BCUT2D eigenvalue weighted by Gasteiger charge is 2.21. The van der Waals surface area contributed by atoms with E-state index in [-0.39, 0.29) is 0 Å². The van der Waals surface area contributed by atoms with Gasteiger partial charge in [-0.25, -0.2) is 19.0 Å². The summed E-state index contributed by atoms with van der Waals surface area (Å²) in [4.78, 5) is 9.04. The van der Waals surface area contributed by atoms with Gasteiger partial charge in [0, 0.05) is 12.4 Å². The summed E-state index contributed by atoms with van der Waals surface area (Å²) >= 11 is 7.86. The Bertz CT molecular complexity index is 1020. The van der Waals surface area contributed by atoms with Crippen LogP contribution in [0.1, 0.15) is 12.5 Å². The van der Waals surface area contributed by atoms with Gasteiger partial charge in [0.1, 0.15) is 10.2 Å². The number of pyridine rings is 1. The second-order valence-corrected chi connectivity index (χ2v) is 6.70. The second-order valence-electron chi connectivity index (χ2n) is 5.06. The first-order valence-corrected chi connectivity index (χ1v) is 8.53. The van der Waals surface area contributed by atoms with Crippen molar-refractivity contribution in [2.75, 3.05) is 5.75 Å². The summed E-state index contributed by atoms with van der Waals surface area (Å²) in [6, 6.07) is 5.68. The Morgan fingerprint density at radius 3 is 2.91 bits per heavy atom. The third-order valence-electron chi connectivity index (χ3n) is 3.42. The van der Waals surface area contributed by atoms with E-state index in [0.29, 0.717) is 16.6 Å². The van der Waals surface area contributed by atoms with Crippen LogP contribution < -0.4 is 0 Å². The maximum atomic E-state index is 6.23. The molecule has 0 unspecified atom stereocenters. The van der Waals surface area contributed by atoms with Crippen LogP contribution in [0.15, 0.2) is 35.6 Å². The summed E-state index contributed by atoms with van der Waals surface area (Å²) in [7, 11) is 0. The standard InChI is InChI=1S/C15H13ClN6S/c1-3-23-15-12(14-17-7-6-10(16)22(14)20-15)13-18-11-5-4-9(2)8-21(11)19-13/h4-8H,3H2,1-2H3. The van der Waals surface area contributed by atoms with Crippen LogP contribution in [0.2, 0.25) is 5.15 Å². The third kappa shape index (κ3) is 2.36. The van der Waals surface area contributed by atoms with Crippen molar-refractivity contribution in [3.05, 3.63) is 41.3 Å². The van der Waals surface area contributed by atoms with E-state index in [0.717, 1.165) is 27.6 Å². The first kappa shape index (κ1) is 14.5. The molecule has 0 spiro atoms. The van der Waals surface area contributed by atoms with Crippen LogP contribution in [0, 0.1) is 6.92 Å². The summed E-state index contributed by atoms with van der Waals surface area (Å²) in [5.74, 6) is 1.50. The fourth-order valence-electron chi connectivity index (χ4n) is 2.42. The number of aromatic nitrogens is 6. The lowest BCUT2D eigenvalue weighted by Gasteiger charge is -1.96. The van der Waals surface area contributed by atoms with Gasteiger partial charge in [-0.2, -0.15) is 5.10 Å². The van der Waals surface area contributed by atoms with Crippen LogP contribution in [0.4, 0.5) is 0 Å². The van der Waals surface area contributed by atoms with Crippen molar-refractivity contribution in [2.24, 2.45) is 0 Å². The van der Waals surface area contributed by atoms with Crippen molar-refractivity contribution in [3.8, 4) is 11.4 Å². The number of halogens is 1. The van der Waals surface area contributed by atoms with E-state index in [9.17, 15) is 0 Å². The van der Waals surface area contributed by atoms with Crippen LogP contribution in [-0.2, 0) is 0 Å². The minimum Gasteiger partial charge on any atom is -0.236 e. The smallest absolute Gasteiger partial charge is 0.188 e. The molecule has 0 amide bonds. The molecule has 0 saturated heterocycles. The molecule has 4 aromatic heterocycles. The van der Waals surface area contributed by atoms with Crippen LogP contribution >= 0.6 is 23.4 Å². The summed E-state index contributed by atoms with van der Waals surface area (Å²) in [5.41, 5.74) is 3.40. The number of fused-ring (bicyclic) bond motifs is 2. The van der Waals surface area contributed by atoms with Crippen molar-refractivity contribution in [1.29, 1.82) is 0 Å². The Labute approximate surface area is 141 Å². The van der Waals surface area contributed by atoms with Crippen molar-refractivity contribution in [3.63, 3.8) is 0 Å². The van der Waals surface area contributed by atoms with Gasteiger partial charge in [0.25, 0.3) is 0 Å². The first-order valence-electron chi connectivity index (χ1n) is 7.17. The zero-order valence-electron chi connectivity index (χ0n) is 12.6. The van der Waals surface area contributed by atoms with Gasteiger partial charge in [-0.1, -0.05) is 24.6 Å². The molecule has 116 valence electrons. The predicted molar refractivity (Wildman–Crippen MR) is 91.1 cm³/mol. The molecule has 23 heavy (non-hydrogen) atoms. The second kappa shape index (κ2) is 5.50. The molecule has 0 N–H and O–H groups in total. The molecule has 0 aliphatic rings. The zero-order chi connectivity index (χ0) is 16.0. The minimum atomic E-state index is 0.513. The van der Waals surface area contributed by atoms with Crippen LogP contribution in [0.3, 0.4) is 0 Å². The molecular weight excluding hydrogens is 332 g/mol. The molecular formula is C15H13ClN6S. The molecule has 0 aromatic carbocycles. The van der Waals surface area contributed by atoms with Gasteiger partial charge in [-0.3, -0.25) is 0 Å². The SMILES string of the molecule is CCSc1nn2c(Cl)ccnc2c1-c1nc2ccc(C)cn2n1. The van der Waals surface area contributed by atoms with E-state index in [4.69, 9.17) is 11.6 Å². The largest absolute Gasteiger partial charge is 0.236 e. The average Bonchev–Trinajstić information content (AvgIpc) is 3.08. The lowest BCUT2D eigenvalue weighted by molar-refractivity contribution is 0.888. The first-order chi connectivity index (χ1) is 11.2. The molecule has 0 aliphatic carbocycles. The molecule has 6 nitrogen and oxygen atoms in total. The Balaban J connectivity index is 2.01. The molecule has 0 bridgehead atoms. The van der Waals surface area contributed by atoms with Crippen molar-refractivity contribution in [2.45, 2.75) is 18.9 Å². The lowest BCUT2D eigenvalue weighted by atomic mass is 10.3. The predicted octanol–water partition coefficient (Wildman–Crippen LogP) is 3.51. The zero-order valence-corrected chi connectivity index (χ0v) is 14.1. The fourth-order valence-corrected chi connectivity index (χ4v) is 3.34. The molecule has 0 radical (unpaired) electrons.